The van der Waals surface area contributed by atoms with Crippen LogP contribution in [0.5, 0.6) is 0 Å². The number of aryl methyl sites for hydroxylation is 1. The lowest BCUT2D eigenvalue weighted by molar-refractivity contribution is 0.103. The summed E-state index contributed by atoms with van der Waals surface area (Å²) < 4.78 is 40.6. The Morgan fingerprint density at radius 3 is 2.37 bits per heavy atom. The maximum Gasteiger partial charge on any atom is 0.199 e. The van der Waals surface area contributed by atoms with Gasteiger partial charge in [-0.05, 0) is 36.8 Å². The summed E-state index contributed by atoms with van der Waals surface area (Å²) in [5.41, 5.74) is -0.716. The first-order valence-electron chi connectivity index (χ1n) is 5.36. The van der Waals surface area contributed by atoms with E-state index in [1.807, 2.05) is 0 Å². The molecule has 1 nitrogen and oxygen atoms in total. The van der Waals surface area contributed by atoms with Crippen LogP contribution in [0.25, 0.3) is 0 Å². The van der Waals surface area contributed by atoms with E-state index in [4.69, 9.17) is 11.6 Å². The molecule has 0 aliphatic carbocycles. The number of rotatable bonds is 2. The first kappa shape index (κ1) is 13.6. The van der Waals surface area contributed by atoms with E-state index in [2.05, 4.69) is 0 Å². The van der Waals surface area contributed by atoms with Crippen LogP contribution in [0.15, 0.2) is 30.3 Å². The van der Waals surface area contributed by atoms with Gasteiger partial charge in [-0.1, -0.05) is 17.7 Å². The van der Waals surface area contributed by atoms with E-state index in [-0.39, 0.29) is 16.1 Å². The fourth-order valence-electron chi connectivity index (χ4n) is 1.65. The summed E-state index contributed by atoms with van der Waals surface area (Å²) in [6, 6.07) is 5.46. The molecule has 0 unspecified atom stereocenters. The summed E-state index contributed by atoms with van der Waals surface area (Å²) in [4.78, 5) is 12.0. The van der Waals surface area contributed by atoms with Crippen LogP contribution in [0, 0.1) is 24.4 Å². The molecule has 2 aromatic rings. The summed E-state index contributed by atoms with van der Waals surface area (Å²) in [6.45, 7) is 1.41. The number of benzene rings is 2. The predicted octanol–water partition coefficient (Wildman–Crippen LogP) is 4.30. The fourth-order valence-corrected chi connectivity index (χ4v) is 1.76. The Kier molecular flexibility index (Phi) is 3.62. The van der Waals surface area contributed by atoms with Crippen LogP contribution >= 0.6 is 11.6 Å². The lowest BCUT2D eigenvalue weighted by atomic mass is 10.00. The highest BCUT2D eigenvalue weighted by molar-refractivity contribution is 6.30. The number of hydrogen-bond acceptors (Lipinski definition) is 1. The average molecular weight is 285 g/mol. The highest BCUT2D eigenvalue weighted by atomic mass is 35.5. The smallest absolute Gasteiger partial charge is 0.199 e. The molecular weight excluding hydrogens is 277 g/mol. The third-order valence-corrected chi connectivity index (χ3v) is 3.00. The SMILES string of the molecule is Cc1ccc(F)c(C(=O)c2ccc(Cl)c(F)c2)c1F. The molecule has 0 aromatic heterocycles. The lowest BCUT2D eigenvalue weighted by Crippen LogP contribution is -2.09. The van der Waals surface area contributed by atoms with Crippen LogP contribution in [0.3, 0.4) is 0 Å². The van der Waals surface area contributed by atoms with Gasteiger partial charge in [-0.2, -0.15) is 0 Å². The van der Waals surface area contributed by atoms with Gasteiger partial charge in [0.1, 0.15) is 17.5 Å². The molecule has 0 bridgehead atoms. The van der Waals surface area contributed by atoms with Crippen molar-refractivity contribution in [1.82, 2.24) is 0 Å². The zero-order valence-electron chi connectivity index (χ0n) is 9.81. The van der Waals surface area contributed by atoms with Gasteiger partial charge in [-0.25, -0.2) is 13.2 Å². The number of halogens is 4. The Balaban J connectivity index is 2.56. The van der Waals surface area contributed by atoms with Crippen LogP contribution < -0.4 is 0 Å². The molecule has 0 aliphatic rings. The Morgan fingerprint density at radius 2 is 1.74 bits per heavy atom. The summed E-state index contributed by atoms with van der Waals surface area (Å²) in [5.74, 6) is -3.67. The van der Waals surface area contributed by atoms with Crippen molar-refractivity contribution in [3.63, 3.8) is 0 Å². The van der Waals surface area contributed by atoms with Gasteiger partial charge in [0.25, 0.3) is 0 Å². The quantitative estimate of drug-likeness (QED) is 0.752. The van der Waals surface area contributed by atoms with Gasteiger partial charge in [0.15, 0.2) is 5.78 Å². The molecule has 0 N–H and O–H groups in total. The van der Waals surface area contributed by atoms with Gasteiger partial charge in [0.2, 0.25) is 0 Å². The molecule has 0 heterocycles. The van der Waals surface area contributed by atoms with Gasteiger partial charge >= 0.3 is 0 Å². The minimum absolute atomic E-state index is 0.138. The maximum atomic E-state index is 13.8. The van der Waals surface area contributed by atoms with E-state index >= 15 is 0 Å². The topological polar surface area (TPSA) is 17.1 Å². The molecule has 19 heavy (non-hydrogen) atoms. The van der Waals surface area contributed by atoms with Crippen molar-refractivity contribution < 1.29 is 18.0 Å². The number of carbonyl (C=O) groups is 1. The minimum Gasteiger partial charge on any atom is -0.288 e. The van der Waals surface area contributed by atoms with Gasteiger partial charge in [0, 0.05) is 5.56 Å². The minimum atomic E-state index is -0.983. The average Bonchev–Trinajstić information content (AvgIpc) is 2.37. The van der Waals surface area contributed by atoms with Crippen LogP contribution in [0.1, 0.15) is 21.5 Å². The van der Waals surface area contributed by atoms with Crippen molar-refractivity contribution in [1.29, 1.82) is 0 Å². The van der Waals surface area contributed by atoms with E-state index in [0.29, 0.717) is 0 Å². The number of ketones is 1. The summed E-state index contributed by atoms with van der Waals surface area (Å²) in [6.07, 6.45) is 0. The zero-order chi connectivity index (χ0) is 14.2. The summed E-state index contributed by atoms with van der Waals surface area (Å²) in [5, 5.41) is -0.165. The van der Waals surface area contributed by atoms with Crippen molar-refractivity contribution in [2.45, 2.75) is 6.92 Å². The van der Waals surface area contributed by atoms with Crippen LogP contribution in [-0.4, -0.2) is 5.78 Å². The molecule has 0 aliphatic heterocycles. The molecule has 0 fully saturated rings. The Hall–Kier alpha value is -1.81. The molecule has 98 valence electrons. The Bertz CT molecular complexity index is 668. The van der Waals surface area contributed by atoms with Crippen molar-refractivity contribution in [3.05, 3.63) is 69.5 Å². The maximum absolute atomic E-state index is 13.8. The molecule has 5 heteroatoms. The first-order chi connectivity index (χ1) is 8.91. The second kappa shape index (κ2) is 5.05. The fraction of sp³-hybridized carbons (Fsp3) is 0.0714. The van der Waals surface area contributed by atoms with E-state index < -0.39 is 28.8 Å². The normalized spacial score (nSPS) is 10.6. The lowest BCUT2D eigenvalue weighted by Gasteiger charge is -2.07. The van der Waals surface area contributed by atoms with Crippen molar-refractivity contribution in [2.75, 3.05) is 0 Å². The van der Waals surface area contributed by atoms with Crippen LogP contribution in [0.2, 0.25) is 5.02 Å². The van der Waals surface area contributed by atoms with Crippen molar-refractivity contribution in [3.8, 4) is 0 Å². The molecule has 0 saturated carbocycles. The highest BCUT2D eigenvalue weighted by Crippen LogP contribution is 2.22. The molecule has 0 radical (unpaired) electrons. The molecule has 0 saturated heterocycles. The van der Waals surface area contributed by atoms with Crippen molar-refractivity contribution in [2.24, 2.45) is 0 Å². The summed E-state index contributed by atoms with van der Waals surface area (Å²) >= 11 is 5.48. The third-order valence-electron chi connectivity index (χ3n) is 2.69. The Labute approximate surface area is 112 Å². The standard InChI is InChI=1S/C14H8ClF3O/c1-7-2-5-10(16)12(13(7)18)14(19)8-3-4-9(15)11(17)6-8/h2-6H,1H3. The zero-order valence-corrected chi connectivity index (χ0v) is 10.6. The predicted molar refractivity (Wildman–Crippen MR) is 65.9 cm³/mol. The summed E-state index contributed by atoms with van der Waals surface area (Å²) in [7, 11) is 0. The molecule has 2 aromatic carbocycles. The first-order valence-corrected chi connectivity index (χ1v) is 5.74. The van der Waals surface area contributed by atoms with E-state index in [9.17, 15) is 18.0 Å². The van der Waals surface area contributed by atoms with Gasteiger partial charge in [-0.15, -0.1) is 0 Å². The molecule has 0 atom stereocenters. The second-order valence-corrected chi connectivity index (χ2v) is 4.42. The number of hydrogen-bond donors (Lipinski definition) is 0. The monoisotopic (exact) mass is 284 g/mol. The van der Waals surface area contributed by atoms with E-state index in [0.717, 1.165) is 18.2 Å². The molecule has 0 spiro atoms. The molecular formula is C14H8ClF3O. The molecule has 0 amide bonds. The Morgan fingerprint density at radius 1 is 1.05 bits per heavy atom. The third kappa shape index (κ3) is 2.49. The van der Waals surface area contributed by atoms with E-state index in [1.165, 1.54) is 19.1 Å². The number of carbonyl (C=O) groups excluding carboxylic acids is 1. The van der Waals surface area contributed by atoms with Crippen molar-refractivity contribution >= 4 is 17.4 Å². The van der Waals surface area contributed by atoms with Gasteiger partial charge < -0.3 is 0 Å². The largest absolute Gasteiger partial charge is 0.288 e. The van der Waals surface area contributed by atoms with E-state index in [1.54, 1.807) is 0 Å². The van der Waals surface area contributed by atoms with Gasteiger partial charge in [0.05, 0.1) is 10.6 Å². The van der Waals surface area contributed by atoms with Gasteiger partial charge in [-0.3, -0.25) is 4.79 Å². The second-order valence-electron chi connectivity index (χ2n) is 4.01. The van der Waals surface area contributed by atoms with Crippen LogP contribution in [0.4, 0.5) is 13.2 Å². The highest BCUT2D eigenvalue weighted by Gasteiger charge is 2.21. The molecule has 2 rings (SSSR count). The van der Waals surface area contributed by atoms with Crippen LogP contribution in [-0.2, 0) is 0 Å².